The fourth-order valence-corrected chi connectivity index (χ4v) is 24.7. The van der Waals surface area contributed by atoms with Crippen LogP contribution in [0.25, 0.3) is 0 Å². The maximum Gasteiger partial charge on any atom is 0.179 e. The fraction of sp³-hybridized carbons (Fsp3) is 0.0164. The first-order chi connectivity index (χ1) is 31.3. The number of rotatable bonds is 12. The molecule has 0 amide bonds. The minimum absolute atomic E-state index is 0. The summed E-state index contributed by atoms with van der Waals surface area (Å²) >= 11 is 0. The number of benzene rings is 10. The standard InChI is InChI=1S/C60H48Si3.CH4/c1-9-25-49(26-10-1)61(50-27-11-2-12-28-50,51-29-13-3-14-30-51)57-41-45-59(46-42-57)63(55-37-21-7-22-38-55,56-39-23-8-24-40-56)60-47-43-58(44-48-60)62(52-31-15-4-16-32-52,53-33-17-5-18-34-53)54-35-19-6-20-36-54;/h1-48H;1H4. The van der Waals surface area contributed by atoms with E-state index in [1.807, 2.05) is 0 Å². The van der Waals surface area contributed by atoms with Crippen LogP contribution >= 0.6 is 0 Å². The van der Waals surface area contributed by atoms with Crippen molar-refractivity contribution in [3.05, 3.63) is 291 Å². The minimum Gasteiger partial charge on any atom is -0.0776 e. The monoisotopic (exact) mass is 868 g/mol. The Kier molecular flexibility index (Phi) is 12.3. The quantitative estimate of drug-likeness (QED) is 0.0979. The van der Waals surface area contributed by atoms with Crippen LogP contribution in [0.15, 0.2) is 291 Å². The summed E-state index contributed by atoms with van der Waals surface area (Å²) in [6.45, 7) is 0. The molecule has 10 aromatic carbocycles. The molecule has 0 unspecified atom stereocenters. The van der Waals surface area contributed by atoms with Crippen molar-refractivity contribution in [2.24, 2.45) is 0 Å². The van der Waals surface area contributed by atoms with Gasteiger partial charge in [-0.25, -0.2) is 0 Å². The van der Waals surface area contributed by atoms with E-state index in [4.69, 9.17) is 0 Å². The molecule has 0 N–H and O–H groups in total. The minimum atomic E-state index is -2.91. The van der Waals surface area contributed by atoms with Crippen molar-refractivity contribution in [2.75, 3.05) is 0 Å². The van der Waals surface area contributed by atoms with Gasteiger partial charge in [-0.2, -0.15) is 0 Å². The van der Waals surface area contributed by atoms with Gasteiger partial charge in [0.05, 0.1) is 0 Å². The predicted molar refractivity (Wildman–Crippen MR) is 284 cm³/mol. The Morgan fingerprint density at radius 1 is 0.125 bits per heavy atom. The molecule has 10 rings (SSSR count). The Hall–Kier alpha value is -7.15. The Bertz CT molecular complexity index is 2580. The summed E-state index contributed by atoms with van der Waals surface area (Å²) in [7, 11) is -8.36. The second-order valence-electron chi connectivity index (χ2n) is 16.3. The summed E-state index contributed by atoms with van der Waals surface area (Å²) in [5.74, 6) is 0. The van der Waals surface area contributed by atoms with Gasteiger partial charge in [0.2, 0.25) is 0 Å². The van der Waals surface area contributed by atoms with E-state index in [0.717, 1.165) is 0 Å². The smallest absolute Gasteiger partial charge is 0.0776 e. The topological polar surface area (TPSA) is 0 Å². The van der Waals surface area contributed by atoms with Crippen molar-refractivity contribution in [3.8, 4) is 0 Å². The predicted octanol–water partition coefficient (Wildman–Crippen LogP) is 6.45. The molecule has 0 aliphatic heterocycles. The van der Waals surface area contributed by atoms with Gasteiger partial charge in [0, 0.05) is 0 Å². The van der Waals surface area contributed by atoms with Crippen molar-refractivity contribution in [1.82, 2.24) is 0 Å². The molecule has 0 nitrogen and oxygen atoms in total. The molecule has 0 heterocycles. The van der Waals surface area contributed by atoms with Gasteiger partial charge in [-0.05, 0) is 62.2 Å². The zero-order valence-electron chi connectivity index (χ0n) is 35.2. The molecule has 0 radical (unpaired) electrons. The van der Waals surface area contributed by atoms with Crippen LogP contribution in [0.2, 0.25) is 0 Å². The lowest BCUT2D eigenvalue weighted by atomic mass is 10.3. The van der Waals surface area contributed by atoms with Crippen molar-refractivity contribution in [1.29, 1.82) is 0 Å². The van der Waals surface area contributed by atoms with Crippen molar-refractivity contribution < 1.29 is 0 Å². The molecule has 3 heteroatoms. The Morgan fingerprint density at radius 2 is 0.219 bits per heavy atom. The molecule has 0 saturated heterocycles. The Labute approximate surface area is 382 Å². The van der Waals surface area contributed by atoms with Crippen LogP contribution in [0, 0.1) is 0 Å². The first-order valence-corrected chi connectivity index (χ1v) is 27.9. The van der Waals surface area contributed by atoms with Crippen LogP contribution in [0.5, 0.6) is 0 Å². The Morgan fingerprint density at radius 3 is 0.328 bits per heavy atom. The normalized spacial score (nSPS) is 11.6. The van der Waals surface area contributed by atoms with Crippen LogP contribution in [0.3, 0.4) is 0 Å². The third kappa shape index (κ3) is 7.18. The number of hydrogen-bond donors (Lipinski definition) is 0. The van der Waals surface area contributed by atoms with Crippen LogP contribution < -0.4 is 62.2 Å². The van der Waals surface area contributed by atoms with E-state index in [9.17, 15) is 0 Å². The molecule has 0 aliphatic rings. The highest BCUT2D eigenvalue weighted by molar-refractivity contribution is 7.22. The van der Waals surface area contributed by atoms with Crippen LogP contribution in [-0.4, -0.2) is 24.2 Å². The highest BCUT2D eigenvalue weighted by Crippen LogP contribution is 2.15. The molecule has 0 aromatic heterocycles. The van der Waals surface area contributed by atoms with E-state index in [0.29, 0.717) is 0 Å². The van der Waals surface area contributed by atoms with E-state index < -0.39 is 24.2 Å². The second kappa shape index (κ2) is 18.7. The largest absolute Gasteiger partial charge is 0.179 e. The summed E-state index contributed by atoms with van der Waals surface area (Å²) < 4.78 is 0. The Balaban J connectivity index is 0.00000518. The van der Waals surface area contributed by atoms with Gasteiger partial charge in [-0.3, -0.25) is 0 Å². The molecule has 10 aromatic rings. The molecule has 308 valence electrons. The van der Waals surface area contributed by atoms with E-state index >= 15 is 0 Å². The molecule has 64 heavy (non-hydrogen) atoms. The van der Waals surface area contributed by atoms with E-state index in [1.54, 1.807) is 0 Å². The van der Waals surface area contributed by atoms with Gasteiger partial charge in [0.15, 0.2) is 24.2 Å². The zero-order valence-corrected chi connectivity index (χ0v) is 38.2. The lowest BCUT2D eigenvalue weighted by molar-refractivity contribution is 1.65. The van der Waals surface area contributed by atoms with Crippen LogP contribution in [-0.2, 0) is 0 Å². The molecule has 0 atom stereocenters. The first kappa shape index (κ1) is 42.2. The van der Waals surface area contributed by atoms with E-state index in [-0.39, 0.29) is 7.43 Å². The van der Waals surface area contributed by atoms with E-state index in [1.165, 1.54) is 62.2 Å². The van der Waals surface area contributed by atoms with Crippen molar-refractivity contribution in [3.63, 3.8) is 0 Å². The lowest BCUT2D eigenvalue weighted by Gasteiger charge is -2.38. The molecule has 0 spiro atoms. The van der Waals surface area contributed by atoms with Gasteiger partial charge >= 0.3 is 0 Å². The summed E-state index contributed by atoms with van der Waals surface area (Å²) in [4.78, 5) is 0. The highest BCUT2D eigenvalue weighted by Gasteiger charge is 2.46. The van der Waals surface area contributed by atoms with Gasteiger partial charge in [-0.15, -0.1) is 0 Å². The molecule has 0 bridgehead atoms. The third-order valence-corrected chi connectivity index (χ3v) is 27.5. The molecule has 0 fully saturated rings. The highest BCUT2D eigenvalue weighted by atomic mass is 28.3. The van der Waals surface area contributed by atoms with Gasteiger partial charge in [-0.1, -0.05) is 299 Å². The average Bonchev–Trinajstić information content (AvgIpc) is 3.38. The first-order valence-electron chi connectivity index (χ1n) is 21.9. The van der Waals surface area contributed by atoms with Crippen molar-refractivity contribution in [2.45, 2.75) is 7.43 Å². The average molecular weight is 869 g/mol. The SMILES string of the molecule is C.c1ccc([Si](c2ccccc2)(c2ccccc2)c2ccc([Si](c3ccccc3)(c3ccccc3)c3ccc([Si](c4ccccc4)(c4ccccc4)c4ccccc4)cc3)cc2)cc1. The summed E-state index contributed by atoms with van der Waals surface area (Å²) in [6.07, 6.45) is 0. The van der Waals surface area contributed by atoms with Gasteiger partial charge in [0.25, 0.3) is 0 Å². The molecular weight excluding hydrogens is 817 g/mol. The van der Waals surface area contributed by atoms with Crippen LogP contribution in [0.4, 0.5) is 0 Å². The summed E-state index contributed by atoms with van der Waals surface area (Å²) in [5.41, 5.74) is 0. The van der Waals surface area contributed by atoms with Gasteiger partial charge in [0.1, 0.15) is 0 Å². The second-order valence-corrected chi connectivity index (χ2v) is 27.8. The van der Waals surface area contributed by atoms with Crippen LogP contribution in [0.1, 0.15) is 7.43 Å². The fourth-order valence-electron chi connectivity index (χ4n) is 10.4. The summed E-state index contributed by atoms with van der Waals surface area (Å²) in [5, 5.41) is 16.5. The van der Waals surface area contributed by atoms with Gasteiger partial charge < -0.3 is 0 Å². The third-order valence-electron chi connectivity index (χ3n) is 13.2. The molecule has 0 saturated carbocycles. The molecular formula is C61H52Si3. The maximum atomic E-state index is 2.49. The summed E-state index contributed by atoms with van der Waals surface area (Å²) in [6, 6.07) is 110. The number of hydrogen-bond acceptors (Lipinski definition) is 0. The lowest BCUT2D eigenvalue weighted by Crippen LogP contribution is -2.77. The zero-order chi connectivity index (χ0) is 42.4. The van der Waals surface area contributed by atoms with E-state index in [2.05, 4.69) is 291 Å². The van der Waals surface area contributed by atoms with Crippen molar-refractivity contribution >= 4 is 86.5 Å². The maximum absolute atomic E-state index is 2.91. The molecule has 0 aliphatic carbocycles.